The van der Waals surface area contributed by atoms with Crippen LogP contribution in [0, 0.1) is 5.92 Å². The first-order valence-electron chi connectivity index (χ1n) is 7.32. The number of hydrogen-bond acceptors (Lipinski definition) is 2. The van der Waals surface area contributed by atoms with Crippen LogP contribution in [0.3, 0.4) is 0 Å². The molecule has 110 valence electrons. The molecular formula is C16H22ClNO2. The molecule has 4 heteroatoms. The Bertz CT molecular complexity index is 440. The van der Waals surface area contributed by atoms with E-state index in [4.69, 9.17) is 11.6 Å². The molecular weight excluding hydrogens is 274 g/mol. The van der Waals surface area contributed by atoms with Crippen molar-refractivity contribution in [3.05, 3.63) is 29.3 Å². The lowest BCUT2D eigenvalue weighted by Crippen LogP contribution is -2.42. The van der Waals surface area contributed by atoms with Gasteiger partial charge in [0.1, 0.15) is 6.54 Å². The van der Waals surface area contributed by atoms with E-state index in [-0.39, 0.29) is 12.6 Å². The molecule has 20 heavy (non-hydrogen) atoms. The van der Waals surface area contributed by atoms with Crippen molar-refractivity contribution in [3.63, 3.8) is 0 Å². The van der Waals surface area contributed by atoms with Gasteiger partial charge in [0.05, 0.1) is 0 Å². The monoisotopic (exact) mass is 295 g/mol. The molecule has 0 amide bonds. The van der Waals surface area contributed by atoms with Gasteiger partial charge in [0.2, 0.25) is 0 Å². The predicted octanol–water partition coefficient (Wildman–Crippen LogP) is 4.20. The molecule has 1 aliphatic carbocycles. The fourth-order valence-corrected chi connectivity index (χ4v) is 3.25. The number of carbonyl (C=O) groups is 1. The topological polar surface area (TPSA) is 40.5 Å². The van der Waals surface area contributed by atoms with Crippen LogP contribution in [-0.2, 0) is 4.79 Å². The maximum atomic E-state index is 11.2. The summed E-state index contributed by atoms with van der Waals surface area (Å²) >= 11 is 5.92. The van der Waals surface area contributed by atoms with Gasteiger partial charge in [0.25, 0.3) is 0 Å². The number of nitrogens with zero attached hydrogens (tertiary/aromatic N) is 1. The van der Waals surface area contributed by atoms with E-state index >= 15 is 0 Å². The fraction of sp³-hybridized carbons (Fsp3) is 0.562. The van der Waals surface area contributed by atoms with Crippen LogP contribution in [0.25, 0.3) is 0 Å². The summed E-state index contributed by atoms with van der Waals surface area (Å²) in [5.74, 6) is -0.207. The van der Waals surface area contributed by atoms with Gasteiger partial charge in [0.15, 0.2) is 0 Å². The Hall–Kier alpha value is -1.22. The lowest BCUT2D eigenvalue weighted by Gasteiger charge is -2.37. The molecule has 0 spiro atoms. The Morgan fingerprint density at radius 3 is 2.45 bits per heavy atom. The fourth-order valence-electron chi connectivity index (χ4n) is 3.12. The summed E-state index contributed by atoms with van der Waals surface area (Å²) in [6.07, 6.45) is 6.23. The molecule has 1 aromatic carbocycles. The second kappa shape index (κ2) is 6.98. The van der Waals surface area contributed by atoms with Crippen molar-refractivity contribution in [1.29, 1.82) is 0 Å². The predicted molar refractivity (Wildman–Crippen MR) is 82.5 cm³/mol. The second-order valence-corrected chi connectivity index (χ2v) is 6.07. The lowest BCUT2D eigenvalue weighted by molar-refractivity contribution is -0.135. The first-order chi connectivity index (χ1) is 9.58. The van der Waals surface area contributed by atoms with Crippen LogP contribution < -0.4 is 4.90 Å². The maximum absolute atomic E-state index is 11.2. The zero-order valence-corrected chi connectivity index (χ0v) is 12.6. The number of aliphatic carboxylic acids is 1. The van der Waals surface area contributed by atoms with Gasteiger partial charge in [-0.25, -0.2) is 0 Å². The molecule has 1 aromatic rings. The van der Waals surface area contributed by atoms with E-state index in [1.54, 1.807) is 0 Å². The summed E-state index contributed by atoms with van der Waals surface area (Å²) in [4.78, 5) is 13.2. The third-order valence-corrected chi connectivity index (χ3v) is 4.54. The Balaban J connectivity index is 2.17. The highest BCUT2D eigenvalue weighted by Crippen LogP contribution is 2.31. The maximum Gasteiger partial charge on any atom is 0.323 e. The number of carboxylic acid groups (broad SMARTS) is 1. The molecule has 1 saturated carbocycles. The molecule has 0 heterocycles. The standard InChI is InChI=1S/C16H22ClNO2/c1-12(13-5-3-2-4-6-13)18(11-16(19)20)15-9-7-14(17)8-10-15/h7-10,12-13H,2-6,11H2,1H3,(H,19,20). The number of carboxylic acids is 1. The first kappa shape index (κ1) is 15.2. The van der Waals surface area contributed by atoms with E-state index in [9.17, 15) is 9.90 Å². The van der Waals surface area contributed by atoms with Crippen molar-refractivity contribution in [1.82, 2.24) is 0 Å². The van der Waals surface area contributed by atoms with Crippen molar-refractivity contribution in [2.75, 3.05) is 11.4 Å². The minimum Gasteiger partial charge on any atom is -0.480 e. The average Bonchev–Trinajstić information content (AvgIpc) is 2.46. The van der Waals surface area contributed by atoms with Crippen molar-refractivity contribution in [3.8, 4) is 0 Å². The first-order valence-corrected chi connectivity index (χ1v) is 7.69. The Labute approximate surface area is 125 Å². The normalized spacial score (nSPS) is 17.7. The smallest absolute Gasteiger partial charge is 0.323 e. The highest BCUT2D eigenvalue weighted by molar-refractivity contribution is 6.30. The van der Waals surface area contributed by atoms with Crippen LogP contribution in [-0.4, -0.2) is 23.7 Å². The molecule has 0 aromatic heterocycles. The van der Waals surface area contributed by atoms with Crippen molar-refractivity contribution >= 4 is 23.3 Å². The average molecular weight is 296 g/mol. The zero-order valence-electron chi connectivity index (χ0n) is 11.9. The molecule has 1 N–H and O–H groups in total. The third kappa shape index (κ3) is 3.89. The quantitative estimate of drug-likeness (QED) is 0.885. The summed E-state index contributed by atoms with van der Waals surface area (Å²) in [7, 11) is 0. The van der Waals surface area contributed by atoms with Gasteiger partial charge >= 0.3 is 5.97 Å². The molecule has 2 rings (SSSR count). The highest BCUT2D eigenvalue weighted by Gasteiger charge is 2.26. The lowest BCUT2D eigenvalue weighted by atomic mass is 9.84. The Morgan fingerprint density at radius 1 is 1.30 bits per heavy atom. The van der Waals surface area contributed by atoms with Gasteiger partial charge in [-0.05, 0) is 49.9 Å². The summed E-state index contributed by atoms with van der Waals surface area (Å²) in [5.41, 5.74) is 0.940. The molecule has 0 aliphatic heterocycles. The molecule has 1 unspecified atom stereocenters. The van der Waals surface area contributed by atoms with Crippen molar-refractivity contribution < 1.29 is 9.90 Å². The van der Waals surface area contributed by atoms with Gasteiger partial charge in [-0.2, -0.15) is 0 Å². The second-order valence-electron chi connectivity index (χ2n) is 5.64. The van der Waals surface area contributed by atoms with E-state index in [0.29, 0.717) is 10.9 Å². The van der Waals surface area contributed by atoms with Crippen LogP contribution in [0.15, 0.2) is 24.3 Å². The van der Waals surface area contributed by atoms with Gasteiger partial charge in [-0.15, -0.1) is 0 Å². The number of rotatable bonds is 5. The summed E-state index contributed by atoms with van der Waals surface area (Å²) in [6, 6.07) is 7.70. The van der Waals surface area contributed by atoms with Crippen LogP contribution in [0.4, 0.5) is 5.69 Å². The molecule has 0 radical (unpaired) electrons. The number of benzene rings is 1. The Morgan fingerprint density at radius 2 is 1.90 bits per heavy atom. The Kier molecular flexibility index (Phi) is 5.30. The van der Waals surface area contributed by atoms with Crippen molar-refractivity contribution in [2.45, 2.75) is 45.1 Å². The largest absolute Gasteiger partial charge is 0.480 e. The number of anilines is 1. The minimum absolute atomic E-state index is 0.0410. The van der Waals surface area contributed by atoms with E-state index < -0.39 is 5.97 Å². The molecule has 1 fully saturated rings. The van der Waals surface area contributed by atoms with E-state index in [1.165, 1.54) is 32.1 Å². The van der Waals surface area contributed by atoms with Crippen LogP contribution >= 0.6 is 11.6 Å². The SMILES string of the molecule is CC(C1CCCCC1)N(CC(=O)O)c1ccc(Cl)cc1. The van der Waals surface area contributed by atoms with Crippen molar-refractivity contribution in [2.24, 2.45) is 5.92 Å². The van der Waals surface area contributed by atoms with Crippen LogP contribution in [0.5, 0.6) is 0 Å². The summed E-state index contributed by atoms with van der Waals surface area (Å²) in [5, 5.41) is 9.85. The van der Waals surface area contributed by atoms with E-state index in [2.05, 4.69) is 6.92 Å². The minimum atomic E-state index is -0.789. The van der Waals surface area contributed by atoms with Crippen LogP contribution in [0.2, 0.25) is 5.02 Å². The molecule has 0 bridgehead atoms. The zero-order chi connectivity index (χ0) is 14.5. The van der Waals surface area contributed by atoms with E-state index in [0.717, 1.165) is 5.69 Å². The molecule has 1 aliphatic rings. The summed E-state index contributed by atoms with van der Waals surface area (Å²) < 4.78 is 0. The molecule has 3 nitrogen and oxygen atoms in total. The van der Waals surface area contributed by atoms with Gasteiger partial charge in [-0.3, -0.25) is 4.79 Å². The van der Waals surface area contributed by atoms with E-state index in [1.807, 2.05) is 29.2 Å². The van der Waals surface area contributed by atoms with Gasteiger partial charge in [-0.1, -0.05) is 30.9 Å². The summed E-state index contributed by atoms with van der Waals surface area (Å²) in [6.45, 7) is 2.19. The highest BCUT2D eigenvalue weighted by atomic mass is 35.5. The third-order valence-electron chi connectivity index (χ3n) is 4.29. The van der Waals surface area contributed by atoms with Crippen LogP contribution in [0.1, 0.15) is 39.0 Å². The number of halogens is 1. The van der Waals surface area contributed by atoms with Gasteiger partial charge in [0, 0.05) is 16.8 Å². The van der Waals surface area contributed by atoms with Gasteiger partial charge < -0.3 is 10.0 Å². The number of hydrogen-bond donors (Lipinski definition) is 1. The molecule has 0 saturated heterocycles. The molecule has 1 atom stereocenters.